The molecule has 1 saturated carbocycles. The highest BCUT2D eigenvalue weighted by Crippen LogP contribution is 2.18. The van der Waals surface area contributed by atoms with Gasteiger partial charge in [0, 0.05) is 26.2 Å². The summed E-state index contributed by atoms with van der Waals surface area (Å²) in [6, 6.07) is 14.5. The molecule has 3 N–H and O–H groups in total. The molecule has 0 saturated heterocycles. The molecule has 0 heterocycles. The van der Waals surface area contributed by atoms with E-state index in [0.717, 1.165) is 24.0 Å². The predicted molar refractivity (Wildman–Crippen MR) is 127 cm³/mol. The van der Waals surface area contributed by atoms with E-state index in [1.807, 2.05) is 30.3 Å². The van der Waals surface area contributed by atoms with E-state index in [-0.39, 0.29) is 42.3 Å². The number of hydrogen-bond donors (Lipinski definition) is 3. The molecule has 8 heteroatoms. The maximum atomic E-state index is 13.2. The van der Waals surface area contributed by atoms with Crippen molar-refractivity contribution in [1.82, 2.24) is 16.0 Å². The van der Waals surface area contributed by atoms with Crippen molar-refractivity contribution in [3.8, 4) is 5.75 Å². The highest BCUT2D eigenvalue weighted by Gasteiger charge is 2.23. The number of rotatable bonds is 9. The summed E-state index contributed by atoms with van der Waals surface area (Å²) in [5.74, 6) is 1.01. The molecule has 1 aliphatic rings. The number of hydrogen-bond acceptors (Lipinski definition) is 3. The van der Waals surface area contributed by atoms with Crippen LogP contribution in [0.5, 0.6) is 5.75 Å². The maximum Gasteiger partial charge on any atom is 0.258 e. The Bertz CT molecular complexity index is 859. The van der Waals surface area contributed by atoms with E-state index < -0.39 is 0 Å². The molecule has 2 aromatic carbocycles. The standard InChI is InChI=1S/C22H27FN4O2.HI/c1-24-22(25-11-10-16-4-2-6-18(23)12-16)26-14-17-5-3-7-20(13-17)29-15-21(28)27-19-8-9-19;/h2-7,12-13,19H,8-11,14-15H2,1H3,(H,27,28)(H2,24,25,26);1H. The largest absolute Gasteiger partial charge is 0.484 e. The lowest BCUT2D eigenvalue weighted by Crippen LogP contribution is -2.37. The number of carbonyl (C=O) groups excluding carboxylic acids is 1. The van der Waals surface area contributed by atoms with Crippen LogP contribution in [-0.2, 0) is 17.8 Å². The lowest BCUT2D eigenvalue weighted by Gasteiger charge is -2.13. The fourth-order valence-electron chi connectivity index (χ4n) is 2.82. The Morgan fingerprint density at radius 2 is 1.90 bits per heavy atom. The van der Waals surface area contributed by atoms with Crippen LogP contribution < -0.4 is 20.7 Å². The average molecular weight is 526 g/mol. The summed E-state index contributed by atoms with van der Waals surface area (Å²) in [7, 11) is 1.70. The Labute approximate surface area is 193 Å². The Morgan fingerprint density at radius 1 is 1.13 bits per heavy atom. The SMILES string of the molecule is CN=C(NCCc1cccc(F)c1)NCc1cccc(OCC(=O)NC2CC2)c1.I. The number of ether oxygens (including phenoxy) is 1. The van der Waals surface area contributed by atoms with Crippen molar-refractivity contribution in [2.75, 3.05) is 20.2 Å². The van der Waals surface area contributed by atoms with E-state index in [0.29, 0.717) is 37.3 Å². The van der Waals surface area contributed by atoms with E-state index in [4.69, 9.17) is 4.74 Å². The normalized spacial score (nSPS) is 13.2. The zero-order chi connectivity index (χ0) is 20.5. The van der Waals surface area contributed by atoms with Crippen molar-refractivity contribution in [2.45, 2.75) is 31.8 Å². The molecular weight excluding hydrogens is 498 g/mol. The molecule has 162 valence electrons. The highest BCUT2D eigenvalue weighted by molar-refractivity contribution is 14.0. The second kappa shape index (κ2) is 12.4. The molecule has 30 heavy (non-hydrogen) atoms. The van der Waals surface area contributed by atoms with Gasteiger partial charge in [-0.1, -0.05) is 24.3 Å². The van der Waals surface area contributed by atoms with Crippen LogP contribution in [0.15, 0.2) is 53.5 Å². The van der Waals surface area contributed by atoms with Gasteiger partial charge in [0.05, 0.1) is 0 Å². The summed E-state index contributed by atoms with van der Waals surface area (Å²) in [5.41, 5.74) is 1.95. The minimum absolute atomic E-state index is 0. The minimum atomic E-state index is -0.225. The Morgan fingerprint density at radius 3 is 2.63 bits per heavy atom. The van der Waals surface area contributed by atoms with Crippen molar-refractivity contribution in [3.05, 3.63) is 65.5 Å². The second-order valence-electron chi connectivity index (χ2n) is 7.01. The monoisotopic (exact) mass is 526 g/mol. The highest BCUT2D eigenvalue weighted by atomic mass is 127. The molecule has 0 unspecified atom stereocenters. The zero-order valence-electron chi connectivity index (χ0n) is 17.0. The first-order chi connectivity index (χ1) is 14.1. The van der Waals surface area contributed by atoms with Gasteiger partial charge in [-0.2, -0.15) is 0 Å². The quantitative estimate of drug-likeness (QED) is 0.267. The third-order valence-corrected chi connectivity index (χ3v) is 4.49. The number of halogens is 2. The van der Waals surface area contributed by atoms with Crippen LogP contribution in [0, 0.1) is 5.82 Å². The summed E-state index contributed by atoms with van der Waals surface area (Å²) >= 11 is 0. The fraction of sp³-hybridized carbons (Fsp3) is 0.364. The number of aliphatic imine (C=N–C) groups is 1. The van der Waals surface area contributed by atoms with Gasteiger partial charge in [-0.15, -0.1) is 24.0 Å². The molecule has 1 aliphatic carbocycles. The molecule has 0 radical (unpaired) electrons. The molecule has 0 spiro atoms. The van der Waals surface area contributed by atoms with Crippen molar-refractivity contribution < 1.29 is 13.9 Å². The molecule has 3 rings (SSSR count). The van der Waals surface area contributed by atoms with E-state index in [1.54, 1.807) is 13.1 Å². The van der Waals surface area contributed by atoms with E-state index in [9.17, 15) is 9.18 Å². The summed E-state index contributed by atoms with van der Waals surface area (Å²) in [5, 5.41) is 9.36. The van der Waals surface area contributed by atoms with Gasteiger partial charge >= 0.3 is 0 Å². The number of carbonyl (C=O) groups is 1. The van der Waals surface area contributed by atoms with Crippen LogP contribution in [0.3, 0.4) is 0 Å². The summed E-state index contributed by atoms with van der Waals surface area (Å²) in [6.07, 6.45) is 2.82. The van der Waals surface area contributed by atoms with Crippen LogP contribution in [0.2, 0.25) is 0 Å². The number of benzene rings is 2. The molecule has 1 fully saturated rings. The van der Waals surface area contributed by atoms with Crippen molar-refractivity contribution in [1.29, 1.82) is 0 Å². The number of amides is 1. The van der Waals surface area contributed by atoms with Crippen LogP contribution in [0.25, 0.3) is 0 Å². The molecule has 1 amide bonds. The van der Waals surface area contributed by atoms with Gasteiger partial charge in [0.25, 0.3) is 5.91 Å². The van der Waals surface area contributed by atoms with Crippen molar-refractivity contribution in [3.63, 3.8) is 0 Å². The summed E-state index contributed by atoms with van der Waals surface area (Å²) < 4.78 is 18.8. The number of guanidine groups is 1. The topological polar surface area (TPSA) is 74.8 Å². The first kappa shape index (κ1) is 23.9. The number of nitrogens with zero attached hydrogens (tertiary/aromatic N) is 1. The molecular formula is C22H28FIN4O2. The van der Waals surface area contributed by atoms with Crippen LogP contribution in [0.1, 0.15) is 24.0 Å². The third kappa shape index (κ3) is 8.56. The number of nitrogens with one attached hydrogen (secondary N) is 3. The van der Waals surface area contributed by atoms with Gasteiger partial charge in [0.2, 0.25) is 0 Å². The van der Waals surface area contributed by atoms with E-state index >= 15 is 0 Å². The van der Waals surface area contributed by atoms with Gasteiger partial charge in [0.1, 0.15) is 11.6 Å². The van der Waals surface area contributed by atoms with Gasteiger partial charge in [0.15, 0.2) is 12.6 Å². The smallest absolute Gasteiger partial charge is 0.258 e. The van der Waals surface area contributed by atoms with E-state index in [2.05, 4.69) is 20.9 Å². The first-order valence-electron chi connectivity index (χ1n) is 9.82. The van der Waals surface area contributed by atoms with Crippen LogP contribution in [-0.4, -0.2) is 38.1 Å². The van der Waals surface area contributed by atoms with Crippen LogP contribution >= 0.6 is 24.0 Å². The van der Waals surface area contributed by atoms with Gasteiger partial charge in [-0.3, -0.25) is 9.79 Å². The third-order valence-electron chi connectivity index (χ3n) is 4.49. The van der Waals surface area contributed by atoms with Crippen LogP contribution in [0.4, 0.5) is 4.39 Å². The fourth-order valence-corrected chi connectivity index (χ4v) is 2.82. The predicted octanol–water partition coefficient (Wildman–Crippen LogP) is 3.01. The average Bonchev–Trinajstić information content (AvgIpc) is 3.53. The molecule has 0 aliphatic heterocycles. The minimum Gasteiger partial charge on any atom is -0.484 e. The molecule has 6 nitrogen and oxygen atoms in total. The lowest BCUT2D eigenvalue weighted by atomic mass is 10.1. The second-order valence-corrected chi connectivity index (χ2v) is 7.01. The summed E-state index contributed by atoms with van der Waals surface area (Å²) in [4.78, 5) is 15.9. The summed E-state index contributed by atoms with van der Waals surface area (Å²) in [6.45, 7) is 1.23. The molecule has 0 aromatic heterocycles. The zero-order valence-corrected chi connectivity index (χ0v) is 19.3. The molecule has 0 bridgehead atoms. The Balaban J connectivity index is 0.00000320. The van der Waals surface area contributed by atoms with Gasteiger partial charge in [-0.05, 0) is 54.7 Å². The molecule has 0 atom stereocenters. The van der Waals surface area contributed by atoms with E-state index in [1.165, 1.54) is 12.1 Å². The maximum absolute atomic E-state index is 13.2. The Hall–Kier alpha value is -2.36. The first-order valence-corrected chi connectivity index (χ1v) is 9.82. The molecule has 2 aromatic rings. The Kier molecular flexibility index (Phi) is 9.85. The lowest BCUT2D eigenvalue weighted by molar-refractivity contribution is -0.123. The van der Waals surface area contributed by atoms with Gasteiger partial charge < -0.3 is 20.7 Å². The van der Waals surface area contributed by atoms with Gasteiger partial charge in [-0.25, -0.2) is 4.39 Å². The van der Waals surface area contributed by atoms with Crippen molar-refractivity contribution in [2.24, 2.45) is 4.99 Å². The van der Waals surface area contributed by atoms with Crippen molar-refractivity contribution >= 4 is 35.8 Å².